The van der Waals surface area contributed by atoms with Gasteiger partial charge in [-0.3, -0.25) is 4.79 Å². The summed E-state index contributed by atoms with van der Waals surface area (Å²) >= 11 is 6.21. The summed E-state index contributed by atoms with van der Waals surface area (Å²) in [5.74, 6) is -0.672. The van der Waals surface area contributed by atoms with Crippen molar-refractivity contribution in [2.24, 2.45) is 0 Å². The van der Waals surface area contributed by atoms with Crippen molar-refractivity contribution >= 4 is 23.3 Å². The SMILES string of the molecule is COCCNC(=O)c1nn2c(c1Cl)NC(c1ccccc1)CC2C(F)(F)F. The molecule has 0 fully saturated rings. The van der Waals surface area contributed by atoms with E-state index in [0.717, 1.165) is 4.68 Å². The second kappa shape index (κ2) is 7.77. The number of aromatic nitrogens is 2. The fourth-order valence-corrected chi connectivity index (χ4v) is 3.25. The molecule has 2 atom stereocenters. The molecule has 1 aromatic carbocycles. The second-order valence-corrected chi connectivity index (χ2v) is 6.48. The van der Waals surface area contributed by atoms with Crippen molar-refractivity contribution in [2.45, 2.75) is 24.7 Å². The van der Waals surface area contributed by atoms with Gasteiger partial charge in [-0.1, -0.05) is 41.9 Å². The lowest BCUT2D eigenvalue weighted by molar-refractivity contribution is -0.173. The number of rotatable bonds is 5. The highest BCUT2D eigenvalue weighted by Crippen LogP contribution is 2.46. The molecule has 2 N–H and O–H groups in total. The fraction of sp³-hybridized carbons (Fsp3) is 0.412. The second-order valence-electron chi connectivity index (χ2n) is 6.11. The number of carbonyl (C=O) groups is 1. The van der Waals surface area contributed by atoms with Crippen LogP contribution in [0.5, 0.6) is 0 Å². The van der Waals surface area contributed by atoms with Gasteiger partial charge in [-0.05, 0) is 5.56 Å². The number of hydrogen-bond acceptors (Lipinski definition) is 4. The van der Waals surface area contributed by atoms with Crippen molar-refractivity contribution in [3.63, 3.8) is 0 Å². The number of anilines is 1. The topological polar surface area (TPSA) is 68.2 Å². The van der Waals surface area contributed by atoms with Crippen LogP contribution in [0.25, 0.3) is 0 Å². The Morgan fingerprint density at radius 1 is 1.41 bits per heavy atom. The number of halogens is 4. The smallest absolute Gasteiger partial charge is 0.383 e. The van der Waals surface area contributed by atoms with Gasteiger partial charge < -0.3 is 15.4 Å². The summed E-state index contributed by atoms with van der Waals surface area (Å²) in [6.45, 7) is 0.451. The van der Waals surface area contributed by atoms with Gasteiger partial charge in [0, 0.05) is 20.1 Å². The Morgan fingerprint density at radius 3 is 2.74 bits per heavy atom. The number of carbonyl (C=O) groups excluding carboxylic acids is 1. The van der Waals surface area contributed by atoms with Crippen molar-refractivity contribution in [1.29, 1.82) is 0 Å². The monoisotopic (exact) mass is 402 g/mol. The highest BCUT2D eigenvalue weighted by molar-refractivity contribution is 6.36. The van der Waals surface area contributed by atoms with Gasteiger partial charge in [0.25, 0.3) is 5.91 Å². The molecular formula is C17H18ClF3N4O2. The Kier molecular flexibility index (Phi) is 5.61. The molecule has 0 saturated heterocycles. The van der Waals surface area contributed by atoms with E-state index in [1.54, 1.807) is 30.3 Å². The normalized spacial score (nSPS) is 19.3. The van der Waals surface area contributed by atoms with Crippen molar-refractivity contribution in [3.8, 4) is 0 Å². The summed E-state index contributed by atoms with van der Waals surface area (Å²) in [5, 5.41) is 9.22. The van der Waals surface area contributed by atoms with Crippen LogP contribution in [0.3, 0.4) is 0 Å². The lowest BCUT2D eigenvalue weighted by atomic mass is 9.97. The van der Waals surface area contributed by atoms with Gasteiger partial charge in [0.15, 0.2) is 11.7 Å². The van der Waals surface area contributed by atoms with E-state index in [2.05, 4.69) is 15.7 Å². The molecule has 0 spiro atoms. The Hall–Kier alpha value is -2.26. The minimum Gasteiger partial charge on any atom is -0.383 e. The molecule has 3 rings (SSSR count). The molecule has 2 heterocycles. The van der Waals surface area contributed by atoms with Crippen LogP contribution in [0, 0.1) is 0 Å². The third kappa shape index (κ3) is 4.03. The molecule has 0 bridgehead atoms. The van der Waals surface area contributed by atoms with Gasteiger partial charge in [-0.25, -0.2) is 4.68 Å². The summed E-state index contributed by atoms with van der Waals surface area (Å²) in [6.07, 6.45) is -4.80. The first-order valence-electron chi connectivity index (χ1n) is 8.26. The standard InChI is InChI=1S/C17H18ClF3N4O2/c1-27-8-7-22-16(26)14-13(18)15-23-11(10-5-3-2-4-6-10)9-12(17(19,20)21)25(15)24-14/h2-6,11-12,23H,7-9H2,1H3,(H,22,26). The molecule has 2 aromatic rings. The number of hydrogen-bond donors (Lipinski definition) is 2. The Balaban J connectivity index is 1.96. The van der Waals surface area contributed by atoms with E-state index in [4.69, 9.17) is 16.3 Å². The maximum atomic E-state index is 13.7. The molecule has 1 amide bonds. The van der Waals surface area contributed by atoms with Crippen LogP contribution in [0.15, 0.2) is 30.3 Å². The number of methoxy groups -OCH3 is 1. The van der Waals surface area contributed by atoms with Gasteiger partial charge in [0.05, 0.1) is 12.6 Å². The van der Waals surface area contributed by atoms with Crippen LogP contribution in [0.4, 0.5) is 19.0 Å². The zero-order valence-corrected chi connectivity index (χ0v) is 15.1. The molecule has 2 unspecified atom stereocenters. The van der Waals surface area contributed by atoms with Gasteiger partial charge >= 0.3 is 6.18 Å². The molecule has 10 heteroatoms. The molecule has 0 radical (unpaired) electrons. The summed E-state index contributed by atoms with van der Waals surface area (Å²) in [5.41, 5.74) is 0.444. The molecule has 146 valence electrons. The van der Waals surface area contributed by atoms with E-state index in [1.807, 2.05) is 0 Å². The highest BCUT2D eigenvalue weighted by atomic mass is 35.5. The predicted molar refractivity (Wildman–Crippen MR) is 94.0 cm³/mol. The lowest BCUT2D eigenvalue weighted by Crippen LogP contribution is -2.36. The molecule has 1 aliphatic rings. The van der Waals surface area contributed by atoms with E-state index < -0.39 is 24.2 Å². The van der Waals surface area contributed by atoms with Gasteiger partial charge in [0.2, 0.25) is 0 Å². The zero-order chi connectivity index (χ0) is 19.6. The zero-order valence-electron chi connectivity index (χ0n) is 14.4. The number of amides is 1. The van der Waals surface area contributed by atoms with Gasteiger partial charge in [-0.2, -0.15) is 18.3 Å². The highest BCUT2D eigenvalue weighted by Gasteiger charge is 2.47. The molecule has 0 aliphatic carbocycles. The van der Waals surface area contributed by atoms with Gasteiger partial charge in [0.1, 0.15) is 10.8 Å². The van der Waals surface area contributed by atoms with Crippen molar-refractivity contribution < 1.29 is 22.7 Å². The summed E-state index contributed by atoms with van der Waals surface area (Å²) in [4.78, 5) is 12.2. The first kappa shape index (κ1) is 19.5. The van der Waals surface area contributed by atoms with E-state index in [9.17, 15) is 18.0 Å². The minimum atomic E-state index is -4.54. The average molecular weight is 403 g/mol. The molecule has 1 aromatic heterocycles. The van der Waals surface area contributed by atoms with E-state index >= 15 is 0 Å². The third-order valence-electron chi connectivity index (χ3n) is 4.30. The Bertz CT molecular complexity index is 811. The number of nitrogens with one attached hydrogen (secondary N) is 2. The maximum Gasteiger partial charge on any atom is 0.410 e. The summed E-state index contributed by atoms with van der Waals surface area (Å²) < 4.78 is 46.5. The van der Waals surface area contributed by atoms with Crippen LogP contribution in [0.1, 0.15) is 34.6 Å². The number of fused-ring (bicyclic) bond motifs is 1. The summed E-state index contributed by atoms with van der Waals surface area (Å²) in [7, 11) is 1.47. The Morgan fingerprint density at radius 2 is 2.11 bits per heavy atom. The van der Waals surface area contributed by atoms with Crippen LogP contribution < -0.4 is 10.6 Å². The van der Waals surface area contributed by atoms with Crippen LogP contribution in [-0.2, 0) is 4.74 Å². The van der Waals surface area contributed by atoms with Gasteiger partial charge in [-0.15, -0.1) is 0 Å². The quantitative estimate of drug-likeness (QED) is 0.750. The number of benzene rings is 1. The minimum absolute atomic E-state index is 0.0176. The van der Waals surface area contributed by atoms with Crippen LogP contribution >= 0.6 is 11.6 Å². The molecule has 1 aliphatic heterocycles. The molecule has 6 nitrogen and oxygen atoms in total. The van der Waals surface area contributed by atoms with Crippen molar-refractivity contribution in [1.82, 2.24) is 15.1 Å². The van der Waals surface area contributed by atoms with Crippen LogP contribution in [0.2, 0.25) is 5.02 Å². The predicted octanol–water partition coefficient (Wildman–Crippen LogP) is 3.57. The first-order valence-corrected chi connectivity index (χ1v) is 8.64. The van der Waals surface area contributed by atoms with Crippen LogP contribution in [-0.4, -0.2) is 42.1 Å². The maximum absolute atomic E-state index is 13.7. The largest absolute Gasteiger partial charge is 0.410 e. The van der Waals surface area contributed by atoms with Crippen molar-refractivity contribution in [2.75, 3.05) is 25.6 Å². The number of nitrogens with zero attached hydrogens (tertiary/aromatic N) is 2. The molecule has 27 heavy (non-hydrogen) atoms. The first-order chi connectivity index (χ1) is 12.8. The summed E-state index contributed by atoms with van der Waals surface area (Å²) in [6, 6.07) is 6.27. The molecular weight excluding hydrogens is 385 g/mol. The Labute approximate surface area is 158 Å². The number of ether oxygens (including phenoxy) is 1. The lowest BCUT2D eigenvalue weighted by Gasteiger charge is -2.33. The van der Waals surface area contributed by atoms with E-state index in [-0.39, 0.29) is 36.1 Å². The molecule has 0 saturated carbocycles. The van der Waals surface area contributed by atoms with Crippen molar-refractivity contribution in [3.05, 3.63) is 46.6 Å². The number of alkyl halides is 3. The van der Waals surface area contributed by atoms with E-state index in [1.165, 1.54) is 7.11 Å². The average Bonchev–Trinajstić information content (AvgIpc) is 2.98. The fourth-order valence-electron chi connectivity index (χ4n) is 2.99. The third-order valence-corrected chi connectivity index (χ3v) is 4.66. The van der Waals surface area contributed by atoms with E-state index in [0.29, 0.717) is 5.56 Å².